The van der Waals surface area contributed by atoms with E-state index in [1.807, 2.05) is 6.92 Å². The zero-order valence-electron chi connectivity index (χ0n) is 6.95. The Kier molecular flexibility index (Phi) is 1.97. The molecule has 1 aliphatic carbocycles. The van der Waals surface area contributed by atoms with Crippen LogP contribution < -0.4 is 5.44 Å². The molecule has 0 bridgehead atoms. The third kappa shape index (κ3) is 1.56. The summed E-state index contributed by atoms with van der Waals surface area (Å²) in [5.41, 5.74) is 1.19. The first kappa shape index (κ1) is 7.93. The number of nitrogens with zero attached hydrogens (tertiary/aromatic N) is 2. The molecule has 1 atom stereocenters. The molecular weight excluding hydrogens is 171 g/mol. The Balaban J connectivity index is 2.26. The Bertz CT molecular complexity index is 323. The molecule has 0 radical (unpaired) electrons. The predicted molar refractivity (Wildman–Crippen MR) is 48.4 cm³/mol. The third-order valence-electron chi connectivity index (χ3n) is 1.98. The van der Waals surface area contributed by atoms with E-state index in [0.29, 0.717) is 11.5 Å². The number of aromatic nitrogens is 2. The molecule has 3 nitrogen and oxygen atoms in total. The topological polar surface area (TPSA) is 42.9 Å². The Morgan fingerprint density at radius 2 is 2.33 bits per heavy atom. The van der Waals surface area contributed by atoms with Gasteiger partial charge < -0.3 is 4.57 Å². The Morgan fingerprint density at radius 1 is 1.58 bits per heavy atom. The quantitative estimate of drug-likeness (QED) is 0.644. The highest BCUT2D eigenvalue weighted by atomic mass is 31.1. The molecule has 1 heterocycles. The molecule has 2 rings (SSSR count). The Morgan fingerprint density at radius 3 is 2.92 bits per heavy atom. The largest absolute Gasteiger partial charge is 0.320 e. The maximum absolute atomic E-state index is 11.7. The molecule has 1 aromatic rings. The van der Waals surface area contributed by atoms with E-state index in [0.717, 1.165) is 18.3 Å². The second-order valence-corrected chi connectivity index (χ2v) is 5.18. The van der Waals surface area contributed by atoms with E-state index in [1.165, 1.54) is 0 Å². The molecule has 0 aliphatic heterocycles. The average molecular weight is 182 g/mol. The molecule has 4 heteroatoms. The summed E-state index contributed by atoms with van der Waals surface area (Å²) in [6, 6.07) is 1.77. The fourth-order valence-electron chi connectivity index (χ4n) is 1.15. The summed E-state index contributed by atoms with van der Waals surface area (Å²) in [6.07, 6.45) is 3.91. The normalized spacial score (nSPS) is 19.1. The second kappa shape index (κ2) is 2.98. The van der Waals surface area contributed by atoms with Gasteiger partial charge in [0, 0.05) is 11.9 Å². The van der Waals surface area contributed by atoms with Crippen molar-refractivity contribution in [1.82, 2.24) is 9.97 Å². The lowest BCUT2D eigenvalue weighted by Crippen LogP contribution is -2.06. The standard InChI is InChI=1S/C8H11N2OP/c1-6-9-5-4-8(10-6)12(11)7-2-3-7/h4-5,7,12H,2-3H2,1H3. The van der Waals surface area contributed by atoms with E-state index in [4.69, 9.17) is 0 Å². The van der Waals surface area contributed by atoms with Gasteiger partial charge in [0.15, 0.2) is 0 Å². The molecule has 0 aromatic carbocycles. The highest BCUT2D eigenvalue weighted by molar-refractivity contribution is 7.54. The summed E-state index contributed by atoms with van der Waals surface area (Å²) in [6.45, 7) is 1.82. The molecular formula is C8H11N2OP. The van der Waals surface area contributed by atoms with E-state index in [1.54, 1.807) is 12.3 Å². The predicted octanol–water partition coefficient (Wildman–Crippen LogP) is 1.13. The summed E-state index contributed by atoms with van der Waals surface area (Å²) in [5, 5.41) is 0. The van der Waals surface area contributed by atoms with Crippen LogP contribution in [0.25, 0.3) is 0 Å². The van der Waals surface area contributed by atoms with Crippen LogP contribution in [0.3, 0.4) is 0 Å². The molecule has 12 heavy (non-hydrogen) atoms. The highest BCUT2D eigenvalue weighted by Gasteiger charge is 2.29. The molecule has 1 saturated carbocycles. The van der Waals surface area contributed by atoms with Gasteiger partial charge in [0.2, 0.25) is 0 Å². The van der Waals surface area contributed by atoms with Gasteiger partial charge in [-0.2, -0.15) is 0 Å². The molecule has 64 valence electrons. The van der Waals surface area contributed by atoms with Crippen molar-refractivity contribution in [2.45, 2.75) is 25.4 Å². The van der Waals surface area contributed by atoms with Crippen molar-refractivity contribution >= 4 is 13.2 Å². The average Bonchev–Trinajstić information content (AvgIpc) is 2.85. The summed E-state index contributed by atoms with van der Waals surface area (Å²) in [5.74, 6) is 0.714. The van der Waals surface area contributed by atoms with Gasteiger partial charge in [0.05, 0.1) is 0 Å². The van der Waals surface area contributed by atoms with E-state index in [-0.39, 0.29) is 0 Å². The summed E-state index contributed by atoms with van der Waals surface area (Å²) >= 11 is 0. The van der Waals surface area contributed by atoms with Crippen LogP contribution in [0.2, 0.25) is 0 Å². The summed E-state index contributed by atoms with van der Waals surface area (Å²) < 4.78 is 11.7. The lowest BCUT2D eigenvalue weighted by molar-refractivity contribution is 0.592. The molecule has 0 spiro atoms. The van der Waals surface area contributed by atoms with Gasteiger partial charge in [-0.15, -0.1) is 0 Å². The number of aryl methyl sites for hydroxylation is 1. The minimum absolute atomic E-state index is 0.435. The Hall–Kier alpha value is -0.690. The van der Waals surface area contributed by atoms with Crippen LogP contribution in [-0.4, -0.2) is 15.6 Å². The van der Waals surface area contributed by atoms with Crippen molar-refractivity contribution < 1.29 is 4.57 Å². The van der Waals surface area contributed by atoms with Crippen molar-refractivity contribution in [1.29, 1.82) is 0 Å². The summed E-state index contributed by atoms with van der Waals surface area (Å²) in [7, 11) is -1.60. The van der Waals surface area contributed by atoms with Crippen LogP contribution in [0.15, 0.2) is 12.3 Å². The SMILES string of the molecule is Cc1nccc([PH](=O)C2CC2)n1. The molecule has 1 unspecified atom stereocenters. The van der Waals surface area contributed by atoms with E-state index in [9.17, 15) is 4.57 Å². The van der Waals surface area contributed by atoms with Crippen molar-refractivity contribution in [3.8, 4) is 0 Å². The zero-order chi connectivity index (χ0) is 8.55. The zero-order valence-corrected chi connectivity index (χ0v) is 7.95. The maximum Gasteiger partial charge on any atom is 0.126 e. The van der Waals surface area contributed by atoms with Gasteiger partial charge in [-0.05, 0) is 25.8 Å². The number of hydrogen-bond donors (Lipinski definition) is 0. The van der Waals surface area contributed by atoms with Crippen LogP contribution in [0.4, 0.5) is 0 Å². The van der Waals surface area contributed by atoms with Gasteiger partial charge in [-0.3, -0.25) is 0 Å². The fraction of sp³-hybridized carbons (Fsp3) is 0.500. The van der Waals surface area contributed by atoms with Gasteiger partial charge in [-0.25, -0.2) is 9.97 Å². The number of rotatable bonds is 2. The van der Waals surface area contributed by atoms with Crippen LogP contribution in [0.5, 0.6) is 0 Å². The van der Waals surface area contributed by atoms with Crippen LogP contribution in [0, 0.1) is 6.92 Å². The molecule has 0 amide bonds. The van der Waals surface area contributed by atoms with Crippen molar-refractivity contribution in [2.75, 3.05) is 0 Å². The minimum Gasteiger partial charge on any atom is -0.320 e. The van der Waals surface area contributed by atoms with Crippen LogP contribution >= 0.6 is 7.80 Å². The second-order valence-electron chi connectivity index (χ2n) is 3.13. The third-order valence-corrected chi connectivity index (χ3v) is 4.08. The van der Waals surface area contributed by atoms with E-state index in [2.05, 4.69) is 9.97 Å². The lowest BCUT2D eigenvalue weighted by Gasteiger charge is -1.98. The first-order valence-corrected chi connectivity index (χ1v) is 5.60. The monoisotopic (exact) mass is 182 g/mol. The minimum atomic E-state index is -1.60. The highest BCUT2D eigenvalue weighted by Crippen LogP contribution is 2.43. The lowest BCUT2D eigenvalue weighted by atomic mass is 10.6. The van der Waals surface area contributed by atoms with Gasteiger partial charge in [-0.1, -0.05) is 0 Å². The van der Waals surface area contributed by atoms with Crippen molar-refractivity contribution in [3.63, 3.8) is 0 Å². The summed E-state index contributed by atoms with van der Waals surface area (Å²) in [4.78, 5) is 8.12. The van der Waals surface area contributed by atoms with Crippen LogP contribution in [0.1, 0.15) is 18.7 Å². The first-order valence-electron chi connectivity index (χ1n) is 4.11. The van der Waals surface area contributed by atoms with E-state index < -0.39 is 7.80 Å². The number of hydrogen-bond acceptors (Lipinski definition) is 3. The van der Waals surface area contributed by atoms with Gasteiger partial charge in [0.1, 0.15) is 19.1 Å². The fourth-order valence-corrected chi connectivity index (χ4v) is 2.77. The smallest absolute Gasteiger partial charge is 0.126 e. The first-order chi connectivity index (χ1) is 5.77. The molecule has 1 aromatic heterocycles. The van der Waals surface area contributed by atoms with Crippen LogP contribution in [-0.2, 0) is 4.57 Å². The van der Waals surface area contributed by atoms with Gasteiger partial charge >= 0.3 is 0 Å². The molecule has 0 saturated heterocycles. The van der Waals surface area contributed by atoms with Crippen molar-refractivity contribution in [2.24, 2.45) is 0 Å². The molecule has 0 N–H and O–H groups in total. The van der Waals surface area contributed by atoms with E-state index >= 15 is 0 Å². The molecule has 1 aliphatic rings. The Labute approximate surface area is 72.0 Å². The maximum atomic E-state index is 11.7. The van der Waals surface area contributed by atoms with Crippen molar-refractivity contribution in [3.05, 3.63) is 18.1 Å². The molecule has 1 fully saturated rings. The van der Waals surface area contributed by atoms with Gasteiger partial charge in [0.25, 0.3) is 0 Å².